The van der Waals surface area contributed by atoms with Gasteiger partial charge in [0.15, 0.2) is 5.82 Å². The van der Waals surface area contributed by atoms with Crippen LogP contribution in [0.3, 0.4) is 0 Å². The highest BCUT2D eigenvalue weighted by molar-refractivity contribution is 5.30. The highest BCUT2D eigenvalue weighted by Crippen LogP contribution is 2.24. The number of nitrogens with one attached hydrogen (secondary N) is 1. The van der Waals surface area contributed by atoms with Gasteiger partial charge in [0.05, 0.1) is 6.10 Å². The van der Waals surface area contributed by atoms with Crippen LogP contribution in [0.15, 0.2) is 17.2 Å². The second-order valence-electron chi connectivity index (χ2n) is 5.27. The number of rotatable bonds is 5. The Bertz CT molecular complexity index is 458. The third-order valence-electron chi connectivity index (χ3n) is 3.78. The normalized spacial score (nSPS) is 23.3. The summed E-state index contributed by atoms with van der Waals surface area (Å²) >= 11 is 0. The van der Waals surface area contributed by atoms with Crippen molar-refractivity contribution < 1.29 is 5.11 Å². The molecule has 5 nitrogen and oxygen atoms in total. The maximum absolute atomic E-state index is 12.1. The van der Waals surface area contributed by atoms with Crippen molar-refractivity contribution in [1.29, 1.82) is 0 Å². The summed E-state index contributed by atoms with van der Waals surface area (Å²) in [5.74, 6) is 0.628. The van der Waals surface area contributed by atoms with Crippen LogP contribution >= 0.6 is 0 Å². The van der Waals surface area contributed by atoms with Crippen molar-refractivity contribution in [1.82, 2.24) is 9.55 Å². The predicted molar refractivity (Wildman–Crippen MR) is 75.2 cm³/mol. The van der Waals surface area contributed by atoms with E-state index in [4.69, 9.17) is 0 Å². The summed E-state index contributed by atoms with van der Waals surface area (Å²) in [4.78, 5) is 16.2. The Balaban J connectivity index is 1.99. The Morgan fingerprint density at radius 2 is 2.26 bits per heavy atom. The predicted octanol–water partition coefficient (Wildman–Crippen LogP) is 1.62. The van der Waals surface area contributed by atoms with Gasteiger partial charge in [-0.25, -0.2) is 4.98 Å². The standard InChI is InChI=1S/C14H23N3O2/c1-2-8-17-9-7-15-13(14(17)19)16-10-11-5-3-4-6-12(11)18/h7,9,11-12,18H,2-6,8,10H2,1H3,(H,15,16). The number of aromatic nitrogens is 2. The van der Waals surface area contributed by atoms with Gasteiger partial charge >= 0.3 is 0 Å². The van der Waals surface area contributed by atoms with Gasteiger partial charge in [-0.05, 0) is 19.3 Å². The molecule has 2 atom stereocenters. The number of hydrogen-bond acceptors (Lipinski definition) is 4. The van der Waals surface area contributed by atoms with E-state index in [1.54, 1.807) is 17.0 Å². The molecular weight excluding hydrogens is 242 g/mol. The molecule has 0 spiro atoms. The summed E-state index contributed by atoms with van der Waals surface area (Å²) in [5, 5.41) is 13.0. The lowest BCUT2D eigenvalue weighted by Crippen LogP contribution is -2.32. The summed E-state index contributed by atoms with van der Waals surface area (Å²) in [6.07, 6.45) is 8.19. The van der Waals surface area contributed by atoms with Gasteiger partial charge in [0, 0.05) is 31.4 Å². The van der Waals surface area contributed by atoms with Crippen molar-refractivity contribution in [2.45, 2.75) is 51.7 Å². The van der Waals surface area contributed by atoms with Crippen molar-refractivity contribution in [2.75, 3.05) is 11.9 Å². The number of aliphatic hydroxyl groups excluding tert-OH is 1. The van der Waals surface area contributed by atoms with Gasteiger partial charge in [-0.1, -0.05) is 19.8 Å². The molecule has 0 aliphatic heterocycles. The molecule has 1 aromatic heterocycles. The molecule has 5 heteroatoms. The van der Waals surface area contributed by atoms with E-state index in [0.717, 1.165) is 32.1 Å². The number of hydrogen-bond donors (Lipinski definition) is 2. The molecule has 1 aliphatic carbocycles. The van der Waals surface area contributed by atoms with Crippen molar-refractivity contribution in [3.05, 3.63) is 22.7 Å². The first kappa shape index (κ1) is 14.1. The van der Waals surface area contributed by atoms with Crippen LogP contribution in [-0.2, 0) is 6.54 Å². The molecular formula is C14H23N3O2. The maximum atomic E-state index is 12.1. The second-order valence-corrected chi connectivity index (χ2v) is 5.27. The average Bonchev–Trinajstić information content (AvgIpc) is 2.42. The molecule has 0 radical (unpaired) electrons. The van der Waals surface area contributed by atoms with Crippen LogP contribution in [-0.4, -0.2) is 27.3 Å². The Hall–Kier alpha value is -1.36. The summed E-state index contributed by atoms with van der Waals surface area (Å²) in [6, 6.07) is 0. The molecule has 0 bridgehead atoms. The van der Waals surface area contributed by atoms with Crippen molar-refractivity contribution >= 4 is 5.82 Å². The Morgan fingerprint density at radius 3 is 3.00 bits per heavy atom. The lowest BCUT2D eigenvalue weighted by atomic mass is 9.86. The minimum absolute atomic E-state index is 0.0744. The molecule has 2 unspecified atom stereocenters. The monoisotopic (exact) mass is 265 g/mol. The number of aryl methyl sites for hydroxylation is 1. The number of aliphatic hydroxyl groups is 1. The zero-order chi connectivity index (χ0) is 13.7. The van der Waals surface area contributed by atoms with Gasteiger partial charge in [-0.2, -0.15) is 0 Å². The van der Waals surface area contributed by atoms with E-state index in [9.17, 15) is 9.90 Å². The van der Waals surface area contributed by atoms with Crippen molar-refractivity contribution in [3.8, 4) is 0 Å². The van der Waals surface area contributed by atoms with E-state index in [1.807, 2.05) is 6.92 Å². The van der Waals surface area contributed by atoms with E-state index in [-0.39, 0.29) is 17.6 Å². The van der Waals surface area contributed by atoms with Crippen molar-refractivity contribution in [3.63, 3.8) is 0 Å². The van der Waals surface area contributed by atoms with Crippen LogP contribution in [0, 0.1) is 5.92 Å². The fourth-order valence-corrected chi connectivity index (χ4v) is 2.64. The highest BCUT2D eigenvalue weighted by atomic mass is 16.3. The van der Waals surface area contributed by atoms with Crippen LogP contribution in [0.5, 0.6) is 0 Å². The zero-order valence-corrected chi connectivity index (χ0v) is 11.5. The smallest absolute Gasteiger partial charge is 0.293 e. The van der Waals surface area contributed by atoms with E-state index in [0.29, 0.717) is 18.9 Å². The third kappa shape index (κ3) is 3.56. The highest BCUT2D eigenvalue weighted by Gasteiger charge is 2.23. The van der Waals surface area contributed by atoms with E-state index < -0.39 is 0 Å². The fourth-order valence-electron chi connectivity index (χ4n) is 2.64. The molecule has 19 heavy (non-hydrogen) atoms. The van der Waals surface area contributed by atoms with Crippen LogP contribution in [0.2, 0.25) is 0 Å². The molecule has 0 saturated heterocycles. The molecule has 0 amide bonds. The Labute approximate surface area is 113 Å². The quantitative estimate of drug-likeness (QED) is 0.849. The van der Waals surface area contributed by atoms with Gasteiger partial charge in [-0.3, -0.25) is 4.79 Å². The molecule has 2 N–H and O–H groups in total. The largest absolute Gasteiger partial charge is 0.393 e. The summed E-state index contributed by atoms with van der Waals surface area (Å²) in [6.45, 7) is 3.37. The first-order valence-corrected chi connectivity index (χ1v) is 7.19. The second kappa shape index (κ2) is 6.70. The minimum atomic E-state index is -0.247. The minimum Gasteiger partial charge on any atom is -0.393 e. The van der Waals surface area contributed by atoms with Crippen LogP contribution in [0.1, 0.15) is 39.0 Å². The SMILES string of the molecule is CCCn1ccnc(NCC2CCCCC2O)c1=O. The topological polar surface area (TPSA) is 67.2 Å². The lowest BCUT2D eigenvalue weighted by Gasteiger charge is -2.27. The van der Waals surface area contributed by atoms with Gasteiger partial charge in [0.1, 0.15) is 0 Å². The molecule has 1 saturated carbocycles. The molecule has 1 fully saturated rings. The van der Waals surface area contributed by atoms with Crippen LogP contribution in [0.25, 0.3) is 0 Å². The van der Waals surface area contributed by atoms with Gasteiger partial charge < -0.3 is 15.0 Å². The fraction of sp³-hybridized carbons (Fsp3) is 0.714. The number of anilines is 1. The Morgan fingerprint density at radius 1 is 1.47 bits per heavy atom. The first-order valence-electron chi connectivity index (χ1n) is 7.19. The van der Waals surface area contributed by atoms with Crippen molar-refractivity contribution in [2.24, 2.45) is 5.92 Å². The van der Waals surface area contributed by atoms with Gasteiger partial charge in [0.25, 0.3) is 5.56 Å². The third-order valence-corrected chi connectivity index (χ3v) is 3.78. The van der Waals surface area contributed by atoms with E-state index in [1.165, 1.54) is 0 Å². The number of nitrogens with zero attached hydrogens (tertiary/aromatic N) is 2. The van der Waals surface area contributed by atoms with Gasteiger partial charge in [-0.15, -0.1) is 0 Å². The van der Waals surface area contributed by atoms with E-state index in [2.05, 4.69) is 10.3 Å². The summed E-state index contributed by atoms with van der Waals surface area (Å²) in [7, 11) is 0. The Kier molecular flexibility index (Phi) is 4.96. The van der Waals surface area contributed by atoms with Crippen LogP contribution in [0.4, 0.5) is 5.82 Å². The molecule has 0 aromatic carbocycles. The van der Waals surface area contributed by atoms with E-state index >= 15 is 0 Å². The zero-order valence-electron chi connectivity index (χ0n) is 11.5. The molecule has 2 rings (SSSR count). The first-order chi connectivity index (χ1) is 9.22. The molecule has 1 aliphatic rings. The average molecular weight is 265 g/mol. The molecule has 1 heterocycles. The summed E-state index contributed by atoms with van der Waals surface area (Å²) < 4.78 is 1.67. The maximum Gasteiger partial charge on any atom is 0.293 e. The molecule has 1 aromatic rings. The van der Waals surface area contributed by atoms with Gasteiger partial charge in [0.2, 0.25) is 0 Å². The lowest BCUT2D eigenvalue weighted by molar-refractivity contribution is 0.0763. The summed E-state index contributed by atoms with van der Waals surface area (Å²) in [5.41, 5.74) is -0.0744. The van der Waals surface area contributed by atoms with Crippen LogP contribution < -0.4 is 10.9 Å². The molecule has 106 valence electrons.